The van der Waals surface area contributed by atoms with E-state index in [0.717, 1.165) is 36.0 Å². The average molecular weight is 420 g/mol. The molecule has 162 valence electrons. The molecule has 0 fully saturated rings. The summed E-state index contributed by atoms with van der Waals surface area (Å²) in [5.74, 6) is -0.139. The summed E-state index contributed by atoms with van der Waals surface area (Å²) in [6.07, 6.45) is 9.94. The second-order valence-electron chi connectivity index (χ2n) is 8.31. The van der Waals surface area contributed by atoms with Crippen molar-refractivity contribution in [1.29, 1.82) is 0 Å². The van der Waals surface area contributed by atoms with Crippen LogP contribution in [0.2, 0.25) is 0 Å². The second kappa shape index (κ2) is 9.33. The highest BCUT2D eigenvalue weighted by atomic mass is 16.2. The van der Waals surface area contributed by atoms with Crippen LogP contribution in [0, 0.1) is 5.92 Å². The molecule has 1 atom stereocenters. The predicted molar refractivity (Wildman–Crippen MR) is 120 cm³/mol. The van der Waals surface area contributed by atoms with Gasteiger partial charge in [0.15, 0.2) is 0 Å². The van der Waals surface area contributed by atoms with Crippen LogP contribution >= 0.6 is 0 Å². The van der Waals surface area contributed by atoms with E-state index in [2.05, 4.69) is 17.5 Å². The summed E-state index contributed by atoms with van der Waals surface area (Å²) < 4.78 is 1.63. The Morgan fingerprint density at radius 2 is 1.97 bits per heavy atom. The minimum atomic E-state index is -0.354. The maximum Gasteiger partial charge on any atom is 0.263 e. The number of nitrogens with zero attached hydrogens (tertiary/aromatic N) is 2. The Balaban J connectivity index is 1.63. The van der Waals surface area contributed by atoms with Crippen molar-refractivity contribution in [1.82, 2.24) is 14.8 Å². The molecule has 2 aromatic rings. The number of rotatable bonds is 5. The molecule has 6 heteroatoms. The number of allylic oxidation sites excluding steroid dienone is 2. The van der Waals surface area contributed by atoms with Gasteiger partial charge in [-0.05, 0) is 48.8 Å². The Hall–Kier alpha value is -3.15. The van der Waals surface area contributed by atoms with Crippen molar-refractivity contribution in [3.63, 3.8) is 0 Å². The molecule has 0 radical (unpaired) electrons. The molecule has 1 N–H and O–H groups in total. The van der Waals surface area contributed by atoms with Gasteiger partial charge in [0.1, 0.15) is 5.56 Å². The van der Waals surface area contributed by atoms with Crippen LogP contribution in [0.25, 0.3) is 0 Å². The molecule has 1 unspecified atom stereocenters. The zero-order valence-electron chi connectivity index (χ0n) is 18.0. The minimum absolute atomic E-state index is 0.0361. The smallest absolute Gasteiger partial charge is 0.263 e. The van der Waals surface area contributed by atoms with Crippen LogP contribution in [0.5, 0.6) is 0 Å². The van der Waals surface area contributed by atoms with Gasteiger partial charge in [-0.3, -0.25) is 14.4 Å². The van der Waals surface area contributed by atoms with E-state index in [1.165, 1.54) is 0 Å². The molecule has 0 spiro atoms. The summed E-state index contributed by atoms with van der Waals surface area (Å²) in [5.41, 5.74) is 2.79. The van der Waals surface area contributed by atoms with Gasteiger partial charge in [-0.15, -0.1) is 0 Å². The van der Waals surface area contributed by atoms with Gasteiger partial charge >= 0.3 is 0 Å². The molecule has 2 amide bonds. The highest BCUT2D eigenvalue weighted by Gasteiger charge is 2.30. The second-order valence-corrected chi connectivity index (χ2v) is 8.31. The van der Waals surface area contributed by atoms with E-state index in [0.29, 0.717) is 32.5 Å². The van der Waals surface area contributed by atoms with E-state index in [1.807, 2.05) is 41.4 Å². The third-order valence-electron chi connectivity index (χ3n) is 6.34. The van der Waals surface area contributed by atoms with Crippen LogP contribution in [0.4, 0.5) is 0 Å². The number of carbonyl (C=O) groups excluding carboxylic acids is 2. The molecular formula is C25H29N3O3. The molecule has 1 aliphatic heterocycles. The molecule has 2 heterocycles. The Bertz CT molecular complexity index is 1060. The van der Waals surface area contributed by atoms with Gasteiger partial charge in [-0.1, -0.05) is 42.5 Å². The van der Waals surface area contributed by atoms with Gasteiger partial charge < -0.3 is 14.8 Å². The number of pyridine rings is 1. The first-order chi connectivity index (χ1) is 15.1. The molecular weight excluding hydrogens is 390 g/mol. The number of nitrogens with one attached hydrogen (secondary N) is 1. The molecule has 1 aliphatic carbocycles. The van der Waals surface area contributed by atoms with Gasteiger partial charge in [0.2, 0.25) is 5.91 Å². The third kappa shape index (κ3) is 4.48. The highest BCUT2D eigenvalue weighted by Crippen LogP contribution is 2.26. The average Bonchev–Trinajstić information content (AvgIpc) is 2.82. The third-order valence-corrected chi connectivity index (χ3v) is 6.34. The molecule has 1 aromatic carbocycles. The fourth-order valence-corrected chi connectivity index (χ4v) is 4.59. The van der Waals surface area contributed by atoms with Gasteiger partial charge in [0, 0.05) is 38.8 Å². The molecule has 0 bridgehead atoms. The first-order valence-corrected chi connectivity index (χ1v) is 11.0. The topological polar surface area (TPSA) is 71.4 Å². The SMILES string of the molecule is CNC(=O)c1c2c(cn(CCc3ccccc3)c1=O)CN(C(=O)C1CC=CCC1)CC2. The summed E-state index contributed by atoms with van der Waals surface area (Å²) in [5, 5.41) is 2.62. The Labute approximate surface area is 182 Å². The lowest BCUT2D eigenvalue weighted by molar-refractivity contribution is -0.136. The number of hydrogen-bond acceptors (Lipinski definition) is 3. The zero-order chi connectivity index (χ0) is 21.8. The number of aromatic nitrogens is 1. The molecule has 0 saturated carbocycles. The van der Waals surface area contributed by atoms with E-state index < -0.39 is 0 Å². The van der Waals surface area contributed by atoms with E-state index in [-0.39, 0.29) is 28.9 Å². The first-order valence-electron chi connectivity index (χ1n) is 11.0. The van der Waals surface area contributed by atoms with Crippen molar-refractivity contribution in [3.05, 3.63) is 81.3 Å². The summed E-state index contributed by atoms with van der Waals surface area (Å²) in [6.45, 7) is 1.48. The zero-order valence-corrected chi connectivity index (χ0v) is 18.0. The molecule has 0 saturated heterocycles. The van der Waals surface area contributed by atoms with E-state index >= 15 is 0 Å². The lowest BCUT2D eigenvalue weighted by Gasteiger charge is -2.33. The molecule has 4 rings (SSSR count). The molecule has 31 heavy (non-hydrogen) atoms. The largest absolute Gasteiger partial charge is 0.355 e. The Morgan fingerprint density at radius 3 is 2.68 bits per heavy atom. The van der Waals surface area contributed by atoms with Crippen molar-refractivity contribution in [2.75, 3.05) is 13.6 Å². The number of aryl methyl sites for hydroxylation is 2. The monoisotopic (exact) mass is 419 g/mol. The lowest BCUT2D eigenvalue weighted by Crippen LogP contribution is -2.43. The van der Waals surface area contributed by atoms with Crippen molar-refractivity contribution >= 4 is 11.8 Å². The number of carbonyl (C=O) groups is 2. The minimum Gasteiger partial charge on any atom is -0.355 e. The summed E-state index contributed by atoms with van der Waals surface area (Å²) in [4.78, 5) is 40.7. The summed E-state index contributed by atoms with van der Waals surface area (Å²) in [6, 6.07) is 9.98. The quantitative estimate of drug-likeness (QED) is 0.758. The maximum absolute atomic E-state index is 13.1. The van der Waals surface area contributed by atoms with Gasteiger partial charge in [0.25, 0.3) is 11.5 Å². The molecule has 1 aromatic heterocycles. The van der Waals surface area contributed by atoms with E-state index in [1.54, 1.807) is 11.6 Å². The number of hydrogen-bond donors (Lipinski definition) is 1. The van der Waals surface area contributed by atoms with Gasteiger partial charge in [-0.25, -0.2) is 0 Å². The van der Waals surface area contributed by atoms with Crippen molar-refractivity contribution < 1.29 is 9.59 Å². The Kier molecular flexibility index (Phi) is 6.35. The Morgan fingerprint density at radius 1 is 1.16 bits per heavy atom. The summed E-state index contributed by atoms with van der Waals surface area (Å²) >= 11 is 0. The highest BCUT2D eigenvalue weighted by molar-refractivity contribution is 5.95. The summed E-state index contributed by atoms with van der Waals surface area (Å²) in [7, 11) is 1.55. The molecule has 6 nitrogen and oxygen atoms in total. The fraction of sp³-hybridized carbons (Fsp3) is 0.400. The van der Waals surface area contributed by atoms with E-state index in [9.17, 15) is 14.4 Å². The number of fused-ring (bicyclic) bond motifs is 1. The van der Waals surface area contributed by atoms with Crippen molar-refractivity contribution in [2.45, 2.75) is 45.2 Å². The normalized spacial score (nSPS) is 17.8. The van der Waals surface area contributed by atoms with Crippen molar-refractivity contribution in [2.24, 2.45) is 5.92 Å². The van der Waals surface area contributed by atoms with Gasteiger partial charge in [-0.2, -0.15) is 0 Å². The van der Waals surface area contributed by atoms with Crippen LogP contribution in [0.3, 0.4) is 0 Å². The van der Waals surface area contributed by atoms with Crippen LogP contribution in [0.15, 0.2) is 53.5 Å². The van der Waals surface area contributed by atoms with Crippen LogP contribution in [0.1, 0.15) is 46.3 Å². The van der Waals surface area contributed by atoms with Crippen LogP contribution < -0.4 is 10.9 Å². The van der Waals surface area contributed by atoms with Crippen molar-refractivity contribution in [3.8, 4) is 0 Å². The standard InChI is InChI=1S/C25H29N3O3/c1-26-23(29)22-21-13-15-27(24(30)19-10-6-3-7-11-19)16-20(21)17-28(25(22)31)14-12-18-8-4-2-5-9-18/h2-6,8-9,17,19H,7,10-16H2,1H3,(H,26,29). The number of benzene rings is 1. The fourth-order valence-electron chi connectivity index (χ4n) is 4.59. The first kappa shape index (κ1) is 21.1. The van der Waals surface area contributed by atoms with Gasteiger partial charge in [0.05, 0.1) is 0 Å². The number of amides is 2. The maximum atomic E-state index is 13.1. The van der Waals surface area contributed by atoms with E-state index in [4.69, 9.17) is 0 Å². The van der Waals surface area contributed by atoms with Crippen LogP contribution in [-0.2, 0) is 30.7 Å². The predicted octanol–water partition coefficient (Wildman–Crippen LogP) is 2.69. The van der Waals surface area contributed by atoms with Crippen LogP contribution in [-0.4, -0.2) is 34.9 Å². The molecule has 2 aliphatic rings. The lowest BCUT2D eigenvalue weighted by atomic mass is 9.91.